The van der Waals surface area contributed by atoms with E-state index >= 15 is 0 Å². The van der Waals surface area contributed by atoms with Gasteiger partial charge in [0.05, 0.1) is 5.56 Å². The van der Waals surface area contributed by atoms with Gasteiger partial charge in [-0.1, -0.05) is 66.7 Å². The number of halogens is 2. The lowest BCUT2D eigenvalue weighted by atomic mass is 10.00. The van der Waals surface area contributed by atoms with E-state index in [1.165, 1.54) is 0 Å². The average molecular weight is 458 g/mol. The zero-order chi connectivity index (χ0) is 20.6. The summed E-state index contributed by atoms with van der Waals surface area (Å²) in [6, 6.07) is 21.9. The molecule has 0 saturated carbocycles. The molecule has 0 unspecified atom stereocenters. The van der Waals surface area contributed by atoms with Gasteiger partial charge >= 0.3 is 0 Å². The molecule has 162 valence electrons. The number of carbonyl (C=O) groups is 1. The SMILES string of the molecule is Cl.Cl.N=C(N)c1ccc(OCc2ccc(/C=C/CN)cc2)c(C(=O)c2ccccc2)c1. The lowest BCUT2D eigenvalue weighted by Gasteiger charge is -2.13. The van der Waals surface area contributed by atoms with Crippen molar-refractivity contribution in [2.75, 3.05) is 6.54 Å². The van der Waals surface area contributed by atoms with Crippen LogP contribution in [0.4, 0.5) is 0 Å². The van der Waals surface area contributed by atoms with E-state index in [0.29, 0.717) is 35.6 Å². The van der Waals surface area contributed by atoms with Crippen LogP contribution in [0.2, 0.25) is 0 Å². The van der Waals surface area contributed by atoms with Crippen LogP contribution in [-0.2, 0) is 6.61 Å². The fourth-order valence-electron chi connectivity index (χ4n) is 2.84. The topological polar surface area (TPSA) is 102 Å². The second kappa shape index (κ2) is 12.5. The normalized spacial score (nSPS) is 10.1. The van der Waals surface area contributed by atoms with Gasteiger partial charge in [-0.2, -0.15) is 0 Å². The predicted molar refractivity (Wildman–Crippen MR) is 131 cm³/mol. The Labute approximate surface area is 194 Å². The molecule has 0 amide bonds. The van der Waals surface area contributed by atoms with Gasteiger partial charge < -0.3 is 16.2 Å². The summed E-state index contributed by atoms with van der Waals surface area (Å²) in [5, 5.41) is 7.67. The first-order valence-electron chi connectivity index (χ1n) is 9.25. The molecule has 31 heavy (non-hydrogen) atoms. The first-order chi connectivity index (χ1) is 14.1. The Kier molecular flexibility index (Phi) is 10.5. The van der Waals surface area contributed by atoms with Crippen LogP contribution in [0.5, 0.6) is 5.75 Å². The lowest BCUT2D eigenvalue weighted by Crippen LogP contribution is -2.13. The Morgan fingerprint density at radius 2 is 1.61 bits per heavy atom. The molecule has 3 rings (SSSR count). The summed E-state index contributed by atoms with van der Waals surface area (Å²) in [6.07, 6.45) is 3.85. The molecular formula is C24H25Cl2N3O2. The Balaban J connectivity index is 0.00000240. The summed E-state index contributed by atoms with van der Waals surface area (Å²) in [5.74, 6) is 0.182. The standard InChI is InChI=1S/C24H23N3O2.2ClH/c25-14-4-5-17-8-10-18(11-9-17)16-29-22-13-12-20(24(26)27)15-21(22)23(28)19-6-2-1-3-7-19;;/h1-13,15H,14,16,25H2,(H3,26,27);2*1H/b5-4+;;. The van der Waals surface area contributed by atoms with E-state index in [2.05, 4.69) is 0 Å². The number of hydrogen-bond donors (Lipinski definition) is 3. The van der Waals surface area contributed by atoms with Crippen LogP contribution in [0.25, 0.3) is 6.08 Å². The summed E-state index contributed by atoms with van der Waals surface area (Å²) in [7, 11) is 0. The molecule has 0 spiro atoms. The molecule has 5 N–H and O–H groups in total. The van der Waals surface area contributed by atoms with Gasteiger partial charge in [0.2, 0.25) is 0 Å². The number of carbonyl (C=O) groups excluding carboxylic acids is 1. The van der Waals surface area contributed by atoms with Gasteiger partial charge in [0.1, 0.15) is 18.2 Å². The first kappa shape index (κ1) is 25.9. The van der Waals surface area contributed by atoms with Gasteiger partial charge in [0.15, 0.2) is 5.78 Å². The molecular weight excluding hydrogens is 433 g/mol. The van der Waals surface area contributed by atoms with E-state index in [4.69, 9.17) is 21.6 Å². The minimum atomic E-state index is -0.175. The Morgan fingerprint density at radius 3 is 2.23 bits per heavy atom. The molecule has 0 fully saturated rings. The molecule has 0 aromatic heterocycles. The molecule has 0 aliphatic carbocycles. The molecule has 3 aromatic rings. The van der Waals surface area contributed by atoms with Crippen molar-refractivity contribution in [1.29, 1.82) is 5.41 Å². The number of benzene rings is 3. The second-order valence-electron chi connectivity index (χ2n) is 6.49. The van der Waals surface area contributed by atoms with E-state index < -0.39 is 0 Å². The van der Waals surface area contributed by atoms with Crippen molar-refractivity contribution in [2.45, 2.75) is 6.61 Å². The lowest BCUT2D eigenvalue weighted by molar-refractivity contribution is 0.103. The maximum Gasteiger partial charge on any atom is 0.196 e. The molecule has 0 aliphatic rings. The van der Waals surface area contributed by atoms with Crippen molar-refractivity contribution in [2.24, 2.45) is 11.5 Å². The van der Waals surface area contributed by atoms with Gasteiger partial charge in [0.25, 0.3) is 0 Å². The molecule has 0 heterocycles. The molecule has 0 aliphatic heterocycles. The van der Waals surface area contributed by atoms with Crippen molar-refractivity contribution in [3.8, 4) is 5.75 Å². The summed E-state index contributed by atoms with van der Waals surface area (Å²) in [5.41, 5.74) is 14.5. The number of amidine groups is 1. The number of nitrogens with one attached hydrogen (secondary N) is 1. The van der Waals surface area contributed by atoms with Crippen molar-refractivity contribution < 1.29 is 9.53 Å². The van der Waals surface area contributed by atoms with E-state index in [0.717, 1.165) is 11.1 Å². The van der Waals surface area contributed by atoms with Crippen LogP contribution >= 0.6 is 24.8 Å². The summed E-state index contributed by atoms with van der Waals surface area (Å²) in [4.78, 5) is 13.0. The van der Waals surface area contributed by atoms with Crippen molar-refractivity contribution >= 4 is 42.5 Å². The maximum absolute atomic E-state index is 13.0. The maximum atomic E-state index is 13.0. The third-order valence-corrected chi connectivity index (χ3v) is 4.39. The zero-order valence-electron chi connectivity index (χ0n) is 16.8. The Bertz CT molecular complexity index is 1040. The van der Waals surface area contributed by atoms with Gasteiger partial charge in [-0.05, 0) is 29.3 Å². The minimum absolute atomic E-state index is 0. The fourth-order valence-corrected chi connectivity index (χ4v) is 2.84. The van der Waals surface area contributed by atoms with Crippen LogP contribution in [0, 0.1) is 5.41 Å². The van der Waals surface area contributed by atoms with Crippen molar-refractivity contribution in [3.63, 3.8) is 0 Å². The summed E-state index contributed by atoms with van der Waals surface area (Å²) >= 11 is 0. The van der Waals surface area contributed by atoms with Crippen LogP contribution in [0.1, 0.15) is 32.6 Å². The molecule has 0 atom stereocenters. The van der Waals surface area contributed by atoms with Gasteiger partial charge in [-0.3, -0.25) is 10.2 Å². The molecule has 0 saturated heterocycles. The van der Waals surface area contributed by atoms with Gasteiger partial charge in [0, 0.05) is 17.7 Å². The molecule has 0 radical (unpaired) electrons. The molecule has 0 bridgehead atoms. The molecule has 5 nitrogen and oxygen atoms in total. The van der Waals surface area contributed by atoms with E-state index in [1.54, 1.807) is 30.3 Å². The zero-order valence-corrected chi connectivity index (χ0v) is 18.4. The van der Waals surface area contributed by atoms with E-state index in [-0.39, 0.29) is 36.4 Å². The minimum Gasteiger partial charge on any atom is -0.488 e. The highest BCUT2D eigenvalue weighted by atomic mass is 35.5. The molecule has 7 heteroatoms. The number of rotatable bonds is 8. The first-order valence-corrected chi connectivity index (χ1v) is 9.25. The van der Waals surface area contributed by atoms with Crippen LogP contribution in [0.15, 0.2) is 78.9 Å². The number of nitrogen functional groups attached to an aromatic ring is 1. The second-order valence-corrected chi connectivity index (χ2v) is 6.49. The van der Waals surface area contributed by atoms with Crippen LogP contribution in [0.3, 0.4) is 0 Å². The largest absolute Gasteiger partial charge is 0.488 e. The van der Waals surface area contributed by atoms with E-state index in [9.17, 15) is 4.79 Å². The summed E-state index contributed by atoms with van der Waals surface area (Å²) in [6.45, 7) is 0.814. The highest BCUT2D eigenvalue weighted by molar-refractivity contribution is 6.12. The number of hydrogen-bond acceptors (Lipinski definition) is 4. The van der Waals surface area contributed by atoms with E-state index in [1.807, 2.05) is 54.6 Å². The van der Waals surface area contributed by atoms with Gasteiger partial charge in [-0.25, -0.2) is 0 Å². The number of ketones is 1. The van der Waals surface area contributed by atoms with Crippen LogP contribution < -0.4 is 16.2 Å². The third-order valence-electron chi connectivity index (χ3n) is 4.39. The average Bonchev–Trinajstić information content (AvgIpc) is 2.77. The molecule has 3 aromatic carbocycles. The fraction of sp³-hybridized carbons (Fsp3) is 0.0833. The van der Waals surface area contributed by atoms with Crippen molar-refractivity contribution in [1.82, 2.24) is 0 Å². The smallest absolute Gasteiger partial charge is 0.196 e. The summed E-state index contributed by atoms with van der Waals surface area (Å²) < 4.78 is 5.95. The van der Waals surface area contributed by atoms with Gasteiger partial charge in [-0.15, -0.1) is 24.8 Å². The quantitative estimate of drug-likeness (QED) is 0.261. The Morgan fingerprint density at radius 1 is 0.935 bits per heavy atom. The highest BCUT2D eigenvalue weighted by Gasteiger charge is 2.16. The number of ether oxygens (including phenoxy) is 1. The third kappa shape index (κ3) is 6.96. The predicted octanol–water partition coefficient (Wildman–Crippen LogP) is 4.60. The monoisotopic (exact) mass is 457 g/mol. The van der Waals surface area contributed by atoms with Crippen molar-refractivity contribution in [3.05, 3.63) is 107 Å². The van der Waals surface area contributed by atoms with Crippen LogP contribution in [-0.4, -0.2) is 18.2 Å². The number of nitrogens with two attached hydrogens (primary N) is 2. The highest BCUT2D eigenvalue weighted by Crippen LogP contribution is 2.24. The Hall–Kier alpha value is -3.12.